The van der Waals surface area contributed by atoms with E-state index in [1.54, 1.807) is 11.6 Å². The van der Waals surface area contributed by atoms with Crippen LogP contribution in [0.15, 0.2) is 59.8 Å². The molecule has 2 amide bonds. The van der Waals surface area contributed by atoms with Crippen molar-refractivity contribution in [3.05, 3.63) is 66.0 Å². The highest BCUT2D eigenvalue weighted by Crippen LogP contribution is 2.18. The van der Waals surface area contributed by atoms with E-state index in [-0.39, 0.29) is 23.4 Å². The minimum atomic E-state index is -0.347. The summed E-state index contributed by atoms with van der Waals surface area (Å²) in [6.45, 7) is 1.92. The summed E-state index contributed by atoms with van der Waals surface area (Å²) in [5, 5.41) is 14.1. The first-order chi connectivity index (χ1) is 13.0. The highest BCUT2D eigenvalue weighted by atomic mass is 32.2. The van der Waals surface area contributed by atoms with Crippen LogP contribution >= 0.6 is 11.8 Å². The predicted octanol–water partition coefficient (Wildman–Crippen LogP) is 3.11. The van der Waals surface area contributed by atoms with Crippen LogP contribution in [0.2, 0.25) is 0 Å². The van der Waals surface area contributed by atoms with Crippen LogP contribution in [0.25, 0.3) is 0 Å². The lowest BCUT2D eigenvalue weighted by Gasteiger charge is -2.08. The van der Waals surface area contributed by atoms with Crippen molar-refractivity contribution >= 4 is 35.0 Å². The number of hydrogen-bond acceptors (Lipinski definition) is 5. The number of rotatable bonds is 6. The molecule has 1 heterocycles. The molecule has 0 bridgehead atoms. The van der Waals surface area contributed by atoms with E-state index in [1.165, 1.54) is 11.8 Å². The summed E-state index contributed by atoms with van der Waals surface area (Å²) in [6.07, 6.45) is 0. The molecule has 1 aromatic heterocycles. The van der Waals surface area contributed by atoms with Crippen LogP contribution < -0.4 is 10.6 Å². The second kappa shape index (κ2) is 8.50. The predicted molar refractivity (Wildman–Crippen MR) is 106 cm³/mol. The number of amides is 2. The number of nitrogens with one attached hydrogen (secondary N) is 2. The highest BCUT2D eigenvalue weighted by Gasteiger charge is 2.18. The summed E-state index contributed by atoms with van der Waals surface area (Å²) in [4.78, 5) is 24.5. The van der Waals surface area contributed by atoms with Gasteiger partial charge in [-0.15, -0.1) is 10.2 Å². The van der Waals surface area contributed by atoms with Gasteiger partial charge in [0.1, 0.15) is 0 Å². The molecule has 8 heteroatoms. The van der Waals surface area contributed by atoms with Gasteiger partial charge in [-0.05, 0) is 30.7 Å². The SMILES string of the molecule is Cc1ccccc1NC(=O)c1nnc(SCC(=O)Nc2ccccc2)n1C. The van der Waals surface area contributed by atoms with Crippen LogP contribution in [0.3, 0.4) is 0 Å². The average molecular weight is 381 g/mol. The quantitative estimate of drug-likeness (QED) is 0.641. The van der Waals surface area contributed by atoms with Crippen molar-refractivity contribution in [2.75, 3.05) is 16.4 Å². The van der Waals surface area contributed by atoms with Gasteiger partial charge in [0.25, 0.3) is 5.91 Å². The monoisotopic (exact) mass is 381 g/mol. The lowest BCUT2D eigenvalue weighted by Crippen LogP contribution is -2.18. The van der Waals surface area contributed by atoms with Crippen molar-refractivity contribution in [1.29, 1.82) is 0 Å². The van der Waals surface area contributed by atoms with Crippen LogP contribution in [0.5, 0.6) is 0 Å². The van der Waals surface area contributed by atoms with Crippen molar-refractivity contribution in [3.8, 4) is 0 Å². The first kappa shape index (κ1) is 18.7. The number of aryl methyl sites for hydroxylation is 1. The summed E-state index contributed by atoms with van der Waals surface area (Å²) in [6, 6.07) is 16.7. The number of carbonyl (C=O) groups excluding carboxylic acids is 2. The Kier molecular flexibility index (Phi) is 5.87. The Balaban J connectivity index is 1.60. The molecule has 0 saturated carbocycles. The van der Waals surface area contributed by atoms with E-state index in [2.05, 4.69) is 20.8 Å². The molecule has 0 radical (unpaired) electrons. The molecule has 7 nitrogen and oxygen atoms in total. The number of nitrogens with zero attached hydrogens (tertiary/aromatic N) is 3. The number of hydrogen-bond donors (Lipinski definition) is 2. The van der Waals surface area contributed by atoms with Crippen molar-refractivity contribution in [2.45, 2.75) is 12.1 Å². The maximum absolute atomic E-state index is 12.5. The van der Waals surface area contributed by atoms with E-state index >= 15 is 0 Å². The molecule has 0 atom stereocenters. The Morgan fingerprint density at radius 2 is 1.70 bits per heavy atom. The standard InChI is InChI=1S/C19H19N5O2S/c1-13-8-6-7-11-15(13)21-18(26)17-22-23-19(24(17)2)27-12-16(25)20-14-9-4-3-5-10-14/h3-11H,12H2,1-2H3,(H,20,25)(H,21,26). The molecule has 2 N–H and O–H groups in total. The molecule has 27 heavy (non-hydrogen) atoms. The molecule has 0 aliphatic rings. The largest absolute Gasteiger partial charge is 0.325 e. The Morgan fingerprint density at radius 1 is 1.00 bits per heavy atom. The number of para-hydroxylation sites is 2. The summed E-state index contributed by atoms with van der Waals surface area (Å²) < 4.78 is 1.58. The number of anilines is 2. The number of thioether (sulfide) groups is 1. The second-order valence-corrected chi connectivity index (χ2v) is 6.78. The molecule has 2 aromatic carbocycles. The van der Waals surface area contributed by atoms with Crippen molar-refractivity contribution in [2.24, 2.45) is 7.05 Å². The molecular formula is C19H19N5O2S. The fraction of sp³-hybridized carbons (Fsp3) is 0.158. The maximum Gasteiger partial charge on any atom is 0.293 e. The Labute approximate surface area is 161 Å². The van der Waals surface area contributed by atoms with Gasteiger partial charge in [0, 0.05) is 18.4 Å². The molecule has 0 aliphatic carbocycles. The molecule has 138 valence electrons. The zero-order valence-corrected chi connectivity index (χ0v) is 15.8. The molecule has 3 rings (SSSR count). The third-order valence-electron chi connectivity index (χ3n) is 3.82. The van der Waals surface area contributed by atoms with E-state index in [9.17, 15) is 9.59 Å². The van der Waals surface area contributed by atoms with Crippen molar-refractivity contribution < 1.29 is 9.59 Å². The van der Waals surface area contributed by atoms with Gasteiger partial charge >= 0.3 is 0 Å². The Hall–Kier alpha value is -3.13. The molecule has 0 saturated heterocycles. The third kappa shape index (κ3) is 4.73. The van der Waals surface area contributed by atoms with Crippen LogP contribution in [0.1, 0.15) is 16.2 Å². The molecule has 0 aliphatic heterocycles. The Morgan fingerprint density at radius 3 is 2.44 bits per heavy atom. The smallest absolute Gasteiger partial charge is 0.293 e. The van der Waals surface area contributed by atoms with Crippen molar-refractivity contribution in [1.82, 2.24) is 14.8 Å². The second-order valence-electron chi connectivity index (χ2n) is 5.84. The van der Waals surface area contributed by atoms with Gasteiger partial charge in [0.15, 0.2) is 5.16 Å². The van der Waals surface area contributed by atoms with Crippen molar-refractivity contribution in [3.63, 3.8) is 0 Å². The van der Waals surface area contributed by atoms with Gasteiger partial charge < -0.3 is 15.2 Å². The topological polar surface area (TPSA) is 88.9 Å². The number of aromatic nitrogens is 3. The van der Waals surface area contributed by atoms with Gasteiger partial charge in [-0.25, -0.2) is 0 Å². The summed E-state index contributed by atoms with van der Waals surface area (Å²) in [5.74, 6) is -0.149. The van der Waals surface area contributed by atoms with Gasteiger partial charge in [-0.3, -0.25) is 9.59 Å². The first-order valence-electron chi connectivity index (χ1n) is 8.28. The molecule has 0 unspecified atom stereocenters. The Bertz CT molecular complexity index is 956. The third-order valence-corrected chi connectivity index (χ3v) is 4.84. The van der Waals surface area contributed by atoms with Crippen LogP contribution in [0.4, 0.5) is 11.4 Å². The zero-order chi connectivity index (χ0) is 19.2. The fourth-order valence-corrected chi connectivity index (χ4v) is 3.09. The summed E-state index contributed by atoms with van der Waals surface area (Å²) in [5.41, 5.74) is 2.42. The number of carbonyl (C=O) groups is 2. The van der Waals surface area contributed by atoms with E-state index in [1.807, 2.05) is 61.5 Å². The van der Waals surface area contributed by atoms with E-state index in [0.29, 0.717) is 5.16 Å². The zero-order valence-electron chi connectivity index (χ0n) is 15.0. The minimum absolute atomic E-state index is 0.153. The van der Waals surface area contributed by atoms with Crippen LogP contribution in [-0.2, 0) is 11.8 Å². The van der Waals surface area contributed by atoms with Gasteiger partial charge in [0.2, 0.25) is 11.7 Å². The van der Waals surface area contributed by atoms with E-state index < -0.39 is 0 Å². The van der Waals surface area contributed by atoms with Crippen LogP contribution in [0, 0.1) is 6.92 Å². The fourth-order valence-electron chi connectivity index (χ4n) is 2.38. The minimum Gasteiger partial charge on any atom is -0.325 e. The molecule has 3 aromatic rings. The highest BCUT2D eigenvalue weighted by molar-refractivity contribution is 7.99. The average Bonchev–Trinajstić information content (AvgIpc) is 3.03. The lowest BCUT2D eigenvalue weighted by atomic mass is 10.2. The van der Waals surface area contributed by atoms with E-state index in [0.717, 1.165) is 16.9 Å². The number of benzene rings is 2. The van der Waals surface area contributed by atoms with Gasteiger partial charge in [0.05, 0.1) is 5.75 Å². The van der Waals surface area contributed by atoms with Crippen LogP contribution in [-0.4, -0.2) is 32.3 Å². The molecule has 0 fully saturated rings. The first-order valence-corrected chi connectivity index (χ1v) is 9.27. The van der Waals surface area contributed by atoms with Gasteiger partial charge in [-0.2, -0.15) is 0 Å². The lowest BCUT2D eigenvalue weighted by molar-refractivity contribution is -0.113. The summed E-state index contributed by atoms with van der Waals surface area (Å²) >= 11 is 1.22. The summed E-state index contributed by atoms with van der Waals surface area (Å²) in [7, 11) is 1.70. The van der Waals surface area contributed by atoms with E-state index in [4.69, 9.17) is 0 Å². The maximum atomic E-state index is 12.5. The molecule has 0 spiro atoms. The normalized spacial score (nSPS) is 10.4. The molecular weight excluding hydrogens is 362 g/mol. The van der Waals surface area contributed by atoms with Gasteiger partial charge in [-0.1, -0.05) is 48.2 Å².